The normalized spacial score (nSPS) is 10.0. The van der Waals surface area contributed by atoms with E-state index in [4.69, 9.17) is 0 Å². The molecule has 0 bridgehead atoms. The van der Waals surface area contributed by atoms with Crippen LogP contribution in [0.25, 0.3) is 0 Å². The number of urea groups is 1. The minimum atomic E-state index is -0.526. The number of carbonyl (C=O) groups is 1. The van der Waals surface area contributed by atoms with Crippen molar-refractivity contribution in [2.24, 2.45) is 0 Å². The molecule has 1 aromatic carbocycles. The molecule has 3 N–H and O–H groups in total. The second kappa shape index (κ2) is 4.65. The van der Waals surface area contributed by atoms with Gasteiger partial charge in [-0.05, 0) is 19.1 Å². The summed E-state index contributed by atoms with van der Waals surface area (Å²) in [6.07, 6.45) is 1.58. The van der Waals surface area contributed by atoms with Gasteiger partial charge in [0.15, 0.2) is 0 Å². The van der Waals surface area contributed by atoms with Crippen molar-refractivity contribution in [1.29, 1.82) is 0 Å². The van der Waals surface area contributed by atoms with Crippen LogP contribution >= 0.6 is 0 Å². The van der Waals surface area contributed by atoms with Crippen molar-refractivity contribution < 1.29 is 9.18 Å². The van der Waals surface area contributed by atoms with E-state index in [1.807, 2.05) is 0 Å². The van der Waals surface area contributed by atoms with Gasteiger partial charge in [-0.15, -0.1) is 0 Å². The Hall–Kier alpha value is -2.37. The lowest BCUT2D eigenvalue weighted by molar-refractivity contribution is 0.262. The lowest BCUT2D eigenvalue weighted by atomic mass is 10.3. The van der Waals surface area contributed by atoms with Gasteiger partial charge in [0.25, 0.3) is 0 Å². The number of H-pyrrole nitrogens is 1. The number of aryl methyl sites for hydroxylation is 1. The van der Waals surface area contributed by atoms with E-state index >= 15 is 0 Å². The molecule has 2 aromatic rings. The fourth-order valence-electron chi connectivity index (χ4n) is 1.30. The number of benzene rings is 1. The van der Waals surface area contributed by atoms with E-state index in [9.17, 15) is 9.18 Å². The summed E-state index contributed by atoms with van der Waals surface area (Å²) in [4.78, 5) is 11.5. The van der Waals surface area contributed by atoms with Crippen LogP contribution in [0.5, 0.6) is 0 Å². The highest BCUT2D eigenvalue weighted by Crippen LogP contribution is 2.13. The van der Waals surface area contributed by atoms with Crippen LogP contribution in [0.2, 0.25) is 0 Å². The predicted octanol–water partition coefficient (Wildman–Crippen LogP) is 2.50. The number of aromatic nitrogens is 2. The van der Waals surface area contributed by atoms with Crippen molar-refractivity contribution >= 4 is 17.5 Å². The number of hydrogen-bond donors (Lipinski definition) is 3. The average Bonchev–Trinajstić information content (AvgIpc) is 2.68. The molecule has 0 saturated heterocycles. The molecular formula is C11H11FN4O. The Morgan fingerprint density at radius 3 is 2.76 bits per heavy atom. The maximum absolute atomic E-state index is 13.2. The van der Waals surface area contributed by atoms with Gasteiger partial charge < -0.3 is 5.32 Å². The van der Waals surface area contributed by atoms with E-state index < -0.39 is 11.8 Å². The molecule has 2 rings (SSSR count). The Morgan fingerprint density at radius 1 is 1.35 bits per heavy atom. The smallest absolute Gasteiger partial charge is 0.305 e. The van der Waals surface area contributed by atoms with Crippen molar-refractivity contribution in [2.75, 3.05) is 10.6 Å². The molecule has 0 spiro atoms. The molecular weight excluding hydrogens is 223 g/mol. The second-order valence-electron chi connectivity index (χ2n) is 3.49. The second-order valence-corrected chi connectivity index (χ2v) is 3.49. The summed E-state index contributed by atoms with van der Waals surface area (Å²) >= 11 is 0. The van der Waals surface area contributed by atoms with Gasteiger partial charge >= 0.3 is 6.03 Å². The first-order valence-electron chi connectivity index (χ1n) is 4.99. The summed E-state index contributed by atoms with van der Waals surface area (Å²) < 4.78 is 13.2. The Morgan fingerprint density at radius 2 is 2.12 bits per heavy atom. The molecule has 2 amide bonds. The SMILES string of the molecule is Cc1cn[nH]c1NC(=O)Nc1ccccc1F. The predicted molar refractivity (Wildman–Crippen MR) is 62.4 cm³/mol. The number of amides is 2. The fourth-order valence-corrected chi connectivity index (χ4v) is 1.30. The monoisotopic (exact) mass is 234 g/mol. The number of anilines is 2. The Labute approximate surface area is 97.0 Å². The first-order chi connectivity index (χ1) is 8.16. The largest absolute Gasteiger partial charge is 0.324 e. The Balaban J connectivity index is 2.03. The molecule has 5 nitrogen and oxygen atoms in total. The maximum atomic E-state index is 13.2. The summed E-state index contributed by atoms with van der Waals surface area (Å²) in [5.41, 5.74) is 0.927. The van der Waals surface area contributed by atoms with Crippen molar-refractivity contribution in [1.82, 2.24) is 10.2 Å². The van der Waals surface area contributed by atoms with Crippen LogP contribution in [0.1, 0.15) is 5.56 Å². The number of aromatic amines is 1. The van der Waals surface area contributed by atoms with Gasteiger partial charge in [0, 0.05) is 5.56 Å². The highest BCUT2D eigenvalue weighted by atomic mass is 19.1. The van der Waals surface area contributed by atoms with E-state index in [-0.39, 0.29) is 5.69 Å². The number of carbonyl (C=O) groups excluding carboxylic acids is 1. The maximum Gasteiger partial charge on any atom is 0.324 e. The van der Waals surface area contributed by atoms with Gasteiger partial charge in [-0.25, -0.2) is 9.18 Å². The molecule has 0 saturated carbocycles. The number of hydrogen-bond acceptors (Lipinski definition) is 2. The van der Waals surface area contributed by atoms with Crippen LogP contribution in [-0.4, -0.2) is 16.2 Å². The van der Waals surface area contributed by atoms with E-state index in [1.54, 1.807) is 25.3 Å². The molecule has 0 radical (unpaired) electrons. The minimum absolute atomic E-state index is 0.127. The zero-order valence-electron chi connectivity index (χ0n) is 9.12. The standard InChI is InChI=1S/C11H11FN4O/c1-7-6-13-16-10(7)15-11(17)14-9-5-3-2-4-8(9)12/h2-6H,1H3,(H3,13,14,15,16,17). The molecule has 6 heteroatoms. The van der Waals surface area contributed by atoms with Crippen LogP contribution in [0.4, 0.5) is 20.7 Å². The van der Waals surface area contributed by atoms with Gasteiger partial charge in [0.05, 0.1) is 11.9 Å². The van der Waals surface area contributed by atoms with Crippen molar-refractivity contribution in [2.45, 2.75) is 6.92 Å². The van der Waals surface area contributed by atoms with Gasteiger partial charge in [-0.3, -0.25) is 10.4 Å². The lowest BCUT2D eigenvalue weighted by Crippen LogP contribution is -2.20. The number of para-hydroxylation sites is 1. The molecule has 0 fully saturated rings. The van der Waals surface area contributed by atoms with Crippen LogP contribution in [-0.2, 0) is 0 Å². The first-order valence-corrected chi connectivity index (χ1v) is 4.99. The topological polar surface area (TPSA) is 69.8 Å². The average molecular weight is 234 g/mol. The van der Waals surface area contributed by atoms with E-state index in [0.717, 1.165) is 5.56 Å². The summed E-state index contributed by atoms with van der Waals surface area (Å²) in [5.74, 6) is 0.00261. The quantitative estimate of drug-likeness (QED) is 0.747. The Kier molecular flexibility index (Phi) is 3.04. The zero-order valence-corrected chi connectivity index (χ0v) is 9.12. The molecule has 0 unspecified atom stereocenters. The van der Waals surface area contributed by atoms with Gasteiger partial charge in [-0.2, -0.15) is 5.10 Å². The lowest BCUT2D eigenvalue weighted by Gasteiger charge is -2.07. The Bertz CT molecular complexity index is 538. The van der Waals surface area contributed by atoms with Crippen LogP contribution in [0.15, 0.2) is 30.5 Å². The van der Waals surface area contributed by atoms with Gasteiger partial charge in [0.2, 0.25) is 0 Å². The highest BCUT2D eigenvalue weighted by Gasteiger charge is 2.08. The van der Waals surface area contributed by atoms with Gasteiger partial charge in [0.1, 0.15) is 11.6 Å². The molecule has 0 aliphatic carbocycles. The molecule has 17 heavy (non-hydrogen) atoms. The molecule has 0 atom stereocenters. The van der Waals surface area contributed by atoms with E-state index in [2.05, 4.69) is 20.8 Å². The van der Waals surface area contributed by atoms with Crippen LogP contribution in [0, 0.1) is 12.7 Å². The first kappa shape index (κ1) is 11.1. The third-order valence-corrected chi connectivity index (χ3v) is 2.19. The molecule has 0 aliphatic heterocycles. The van der Waals surface area contributed by atoms with E-state index in [0.29, 0.717) is 5.82 Å². The third kappa shape index (κ3) is 2.60. The van der Waals surface area contributed by atoms with Gasteiger partial charge in [-0.1, -0.05) is 12.1 Å². The van der Waals surface area contributed by atoms with Crippen LogP contribution in [0.3, 0.4) is 0 Å². The number of halogens is 1. The summed E-state index contributed by atoms with van der Waals surface area (Å²) in [6.45, 7) is 1.79. The van der Waals surface area contributed by atoms with Crippen LogP contribution < -0.4 is 10.6 Å². The molecule has 1 heterocycles. The molecule has 88 valence electrons. The molecule has 1 aromatic heterocycles. The van der Waals surface area contributed by atoms with Crippen molar-refractivity contribution in [3.63, 3.8) is 0 Å². The molecule has 0 aliphatic rings. The number of rotatable bonds is 2. The summed E-state index contributed by atoms with van der Waals surface area (Å²) in [7, 11) is 0. The third-order valence-electron chi connectivity index (χ3n) is 2.19. The van der Waals surface area contributed by atoms with Crippen molar-refractivity contribution in [3.8, 4) is 0 Å². The fraction of sp³-hybridized carbons (Fsp3) is 0.0909. The highest BCUT2D eigenvalue weighted by molar-refractivity contribution is 5.99. The zero-order chi connectivity index (χ0) is 12.3. The minimum Gasteiger partial charge on any atom is -0.305 e. The summed E-state index contributed by atoms with van der Waals surface area (Å²) in [6, 6.07) is 5.42. The number of nitrogens with one attached hydrogen (secondary N) is 3. The summed E-state index contributed by atoms with van der Waals surface area (Å²) in [5, 5.41) is 11.3. The van der Waals surface area contributed by atoms with Crippen molar-refractivity contribution in [3.05, 3.63) is 41.8 Å². The van der Waals surface area contributed by atoms with E-state index in [1.165, 1.54) is 12.1 Å². The number of nitrogens with zero attached hydrogens (tertiary/aromatic N) is 1.